The van der Waals surface area contributed by atoms with Crippen molar-refractivity contribution in [2.24, 2.45) is 0 Å². The lowest BCUT2D eigenvalue weighted by atomic mass is 10.0. The molecule has 0 spiro atoms. The van der Waals surface area contributed by atoms with Crippen molar-refractivity contribution >= 4 is 11.6 Å². The Morgan fingerprint density at radius 1 is 1.50 bits per heavy atom. The molecule has 2 atom stereocenters. The second-order valence-corrected chi connectivity index (χ2v) is 5.23. The smallest absolute Gasteiger partial charge is 0.141 e. The van der Waals surface area contributed by atoms with Crippen LogP contribution in [-0.4, -0.2) is 23.9 Å². The molecule has 0 bridgehead atoms. The number of hydrogen-bond acceptors (Lipinski definition) is 2. The molecule has 0 aliphatic carbocycles. The molecule has 0 amide bonds. The second-order valence-electron chi connectivity index (χ2n) is 4.82. The monoisotopic (exact) mass is 272 g/mol. The molecule has 0 saturated carbocycles. The fourth-order valence-electron chi connectivity index (χ4n) is 2.29. The molecule has 1 N–H and O–H groups in total. The van der Waals surface area contributed by atoms with Gasteiger partial charge in [0.05, 0.1) is 17.2 Å². The fourth-order valence-corrected chi connectivity index (χ4v) is 2.49. The Balaban J connectivity index is 1.78. The third-order valence-corrected chi connectivity index (χ3v) is 3.59. The molecule has 1 aromatic carbocycles. The van der Waals surface area contributed by atoms with Gasteiger partial charge in [-0.25, -0.2) is 4.39 Å². The van der Waals surface area contributed by atoms with E-state index in [0.717, 1.165) is 31.4 Å². The zero-order chi connectivity index (χ0) is 13.0. The summed E-state index contributed by atoms with van der Waals surface area (Å²) >= 11 is 5.70. The van der Waals surface area contributed by atoms with Crippen LogP contribution in [0.1, 0.15) is 31.2 Å². The number of benzene rings is 1. The lowest BCUT2D eigenvalue weighted by Gasteiger charge is -2.14. The predicted octanol–water partition coefficient (Wildman–Crippen LogP) is 3.34. The summed E-state index contributed by atoms with van der Waals surface area (Å²) in [5, 5.41) is 10.0. The van der Waals surface area contributed by atoms with Crippen LogP contribution in [0.5, 0.6) is 0 Å². The third-order valence-electron chi connectivity index (χ3n) is 3.30. The Morgan fingerprint density at radius 3 is 3.00 bits per heavy atom. The SMILES string of the molecule is OC(CCC1CCCO1)Cc1ccc(F)c(Cl)c1. The van der Waals surface area contributed by atoms with Gasteiger partial charge in [-0.05, 0) is 49.8 Å². The van der Waals surface area contributed by atoms with E-state index in [1.165, 1.54) is 6.07 Å². The second kappa shape index (κ2) is 6.50. The van der Waals surface area contributed by atoms with E-state index in [2.05, 4.69) is 0 Å². The van der Waals surface area contributed by atoms with E-state index in [1.807, 2.05) is 0 Å². The van der Waals surface area contributed by atoms with Crippen LogP contribution >= 0.6 is 11.6 Å². The molecule has 0 radical (unpaired) electrons. The highest BCUT2D eigenvalue weighted by Gasteiger charge is 2.17. The molecule has 2 unspecified atom stereocenters. The van der Waals surface area contributed by atoms with Crippen molar-refractivity contribution in [2.75, 3.05) is 6.61 Å². The van der Waals surface area contributed by atoms with E-state index in [4.69, 9.17) is 16.3 Å². The van der Waals surface area contributed by atoms with Crippen LogP contribution in [0.4, 0.5) is 4.39 Å². The first-order valence-corrected chi connectivity index (χ1v) is 6.76. The van der Waals surface area contributed by atoms with E-state index in [1.54, 1.807) is 12.1 Å². The maximum absolute atomic E-state index is 13.0. The Labute approximate surface area is 112 Å². The minimum absolute atomic E-state index is 0.110. The van der Waals surface area contributed by atoms with Gasteiger partial charge in [-0.2, -0.15) is 0 Å². The molecule has 2 nitrogen and oxygen atoms in total. The lowest BCUT2D eigenvalue weighted by Crippen LogP contribution is -2.15. The minimum atomic E-state index is -0.422. The van der Waals surface area contributed by atoms with Gasteiger partial charge >= 0.3 is 0 Å². The first kappa shape index (κ1) is 13.8. The molecular formula is C14H18ClFO2. The normalized spacial score (nSPS) is 21.2. The van der Waals surface area contributed by atoms with E-state index in [0.29, 0.717) is 18.9 Å². The van der Waals surface area contributed by atoms with Crippen molar-refractivity contribution < 1.29 is 14.2 Å². The van der Waals surface area contributed by atoms with Crippen LogP contribution in [0.15, 0.2) is 18.2 Å². The van der Waals surface area contributed by atoms with Crippen LogP contribution in [0, 0.1) is 5.82 Å². The summed E-state index contributed by atoms with van der Waals surface area (Å²) in [5.74, 6) is -0.422. The summed E-state index contributed by atoms with van der Waals surface area (Å²) in [6, 6.07) is 4.58. The highest BCUT2D eigenvalue weighted by molar-refractivity contribution is 6.30. The van der Waals surface area contributed by atoms with Crippen molar-refractivity contribution in [3.63, 3.8) is 0 Å². The summed E-state index contributed by atoms with van der Waals surface area (Å²) in [4.78, 5) is 0. The van der Waals surface area contributed by atoms with Gasteiger partial charge in [0.1, 0.15) is 5.82 Å². The first-order chi connectivity index (χ1) is 8.65. The van der Waals surface area contributed by atoms with Crippen molar-refractivity contribution in [3.8, 4) is 0 Å². The van der Waals surface area contributed by atoms with E-state index in [9.17, 15) is 9.50 Å². The van der Waals surface area contributed by atoms with Crippen molar-refractivity contribution in [1.82, 2.24) is 0 Å². The molecule has 100 valence electrons. The number of halogens is 2. The van der Waals surface area contributed by atoms with Gasteiger partial charge in [-0.3, -0.25) is 0 Å². The van der Waals surface area contributed by atoms with Gasteiger partial charge in [-0.1, -0.05) is 17.7 Å². The van der Waals surface area contributed by atoms with Crippen LogP contribution in [0.3, 0.4) is 0 Å². The Kier molecular flexibility index (Phi) is 4.98. The number of ether oxygens (including phenoxy) is 1. The Hall–Kier alpha value is -0.640. The van der Waals surface area contributed by atoms with Crippen molar-refractivity contribution in [1.29, 1.82) is 0 Å². The van der Waals surface area contributed by atoms with E-state index >= 15 is 0 Å². The molecule has 1 heterocycles. The van der Waals surface area contributed by atoms with Gasteiger partial charge < -0.3 is 9.84 Å². The van der Waals surface area contributed by atoms with Crippen LogP contribution in [0.2, 0.25) is 5.02 Å². The summed E-state index contributed by atoms with van der Waals surface area (Å²) in [6.45, 7) is 0.842. The maximum atomic E-state index is 13.0. The zero-order valence-corrected chi connectivity index (χ0v) is 11.0. The third kappa shape index (κ3) is 3.94. The molecule has 1 saturated heterocycles. The topological polar surface area (TPSA) is 29.5 Å². The molecular weight excluding hydrogens is 255 g/mol. The largest absolute Gasteiger partial charge is 0.393 e. The van der Waals surface area contributed by atoms with Gasteiger partial charge in [0, 0.05) is 6.61 Å². The zero-order valence-electron chi connectivity index (χ0n) is 10.2. The molecule has 1 aliphatic rings. The molecule has 1 aliphatic heterocycles. The highest BCUT2D eigenvalue weighted by Crippen LogP contribution is 2.20. The maximum Gasteiger partial charge on any atom is 0.141 e. The quantitative estimate of drug-likeness (QED) is 0.891. The molecule has 4 heteroatoms. The molecule has 2 rings (SSSR count). The van der Waals surface area contributed by atoms with E-state index in [-0.39, 0.29) is 5.02 Å². The standard InChI is InChI=1S/C14H18ClFO2/c15-13-9-10(3-6-14(13)16)8-11(17)4-5-12-2-1-7-18-12/h3,6,9,11-12,17H,1-2,4-5,7-8H2. The van der Waals surface area contributed by atoms with Crippen molar-refractivity contribution in [3.05, 3.63) is 34.6 Å². The van der Waals surface area contributed by atoms with Crippen molar-refractivity contribution in [2.45, 2.75) is 44.3 Å². The minimum Gasteiger partial charge on any atom is -0.393 e. The molecule has 1 fully saturated rings. The average Bonchev–Trinajstić information content (AvgIpc) is 2.84. The van der Waals surface area contributed by atoms with Crippen LogP contribution < -0.4 is 0 Å². The van der Waals surface area contributed by atoms with Gasteiger partial charge in [-0.15, -0.1) is 0 Å². The number of aliphatic hydroxyl groups excluding tert-OH is 1. The van der Waals surface area contributed by atoms with Crippen LogP contribution in [0.25, 0.3) is 0 Å². The molecule has 18 heavy (non-hydrogen) atoms. The highest BCUT2D eigenvalue weighted by atomic mass is 35.5. The average molecular weight is 273 g/mol. The van der Waals surface area contributed by atoms with Gasteiger partial charge in [0.2, 0.25) is 0 Å². The summed E-state index contributed by atoms with van der Waals surface area (Å²) in [6.07, 6.45) is 4.19. The van der Waals surface area contributed by atoms with Crippen LogP contribution in [-0.2, 0) is 11.2 Å². The Morgan fingerprint density at radius 2 is 2.33 bits per heavy atom. The Bertz CT molecular complexity index is 391. The fraction of sp³-hybridized carbons (Fsp3) is 0.571. The summed E-state index contributed by atoms with van der Waals surface area (Å²) < 4.78 is 18.5. The number of rotatable bonds is 5. The lowest BCUT2D eigenvalue weighted by molar-refractivity contribution is 0.0813. The number of aliphatic hydroxyl groups is 1. The first-order valence-electron chi connectivity index (χ1n) is 6.39. The van der Waals surface area contributed by atoms with Gasteiger partial charge in [0.15, 0.2) is 0 Å². The van der Waals surface area contributed by atoms with E-state index < -0.39 is 11.9 Å². The predicted molar refractivity (Wildman–Crippen MR) is 69.3 cm³/mol. The summed E-state index contributed by atoms with van der Waals surface area (Å²) in [7, 11) is 0. The number of hydrogen-bond donors (Lipinski definition) is 1. The molecule has 1 aromatic rings. The summed E-state index contributed by atoms with van der Waals surface area (Å²) in [5.41, 5.74) is 0.862. The van der Waals surface area contributed by atoms with Gasteiger partial charge in [0.25, 0.3) is 0 Å². The molecule has 0 aromatic heterocycles.